The van der Waals surface area contributed by atoms with Crippen molar-refractivity contribution in [2.45, 2.75) is 12.5 Å². The van der Waals surface area contributed by atoms with Crippen molar-refractivity contribution >= 4 is 46.7 Å². The van der Waals surface area contributed by atoms with E-state index in [1.807, 2.05) is 0 Å². The number of nitrogens with zero attached hydrogens (tertiary/aromatic N) is 2. The lowest BCUT2D eigenvalue weighted by atomic mass is 10.0. The lowest BCUT2D eigenvalue weighted by Crippen LogP contribution is -2.30. The van der Waals surface area contributed by atoms with Crippen LogP contribution in [0.25, 0.3) is 5.69 Å². The Morgan fingerprint density at radius 1 is 1.07 bits per heavy atom. The van der Waals surface area contributed by atoms with Gasteiger partial charge in [0.05, 0.1) is 23.2 Å². The number of rotatable bonds is 6. The molecule has 150 valence electrons. The molecule has 0 fully saturated rings. The molecule has 2 aromatic carbocycles. The van der Waals surface area contributed by atoms with Gasteiger partial charge >= 0.3 is 5.97 Å². The van der Waals surface area contributed by atoms with Crippen LogP contribution in [0.4, 0.5) is 0 Å². The van der Waals surface area contributed by atoms with E-state index in [4.69, 9.17) is 34.8 Å². The van der Waals surface area contributed by atoms with Crippen LogP contribution in [0.3, 0.4) is 0 Å². The first-order valence-corrected chi connectivity index (χ1v) is 9.41. The van der Waals surface area contributed by atoms with E-state index >= 15 is 0 Å². The van der Waals surface area contributed by atoms with E-state index in [0.29, 0.717) is 21.3 Å². The van der Waals surface area contributed by atoms with Crippen molar-refractivity contribution in [3.8, 4) is 11.6 Å². The van der Waals surface area contributed by atoms with Gasteiger partial charge in [0.15, 0.2) is 5.69 Å². The van der Waals surface area contributed by atoms with Crippen molar-refractivity contribution in [2.24, 2.45) is 0 Å². The number of hydrogen-bond donors (Lipinski definition) is 3. The van der Waals surface area contributed by atoms with Crippen molar-refractivity contribution in [3.05, 3.63) is 74.9 Å². The van der Waals surface area contributed by atoms with Crippen molar-refractivity contribution < 1.29 is 19.8 Å². The van der Waals surface area contributed by atoms with E-state index in [1.165, 1.54) is 6.07 Å². The smallest absolute Gasteiger partial charge is 0.305 e. The molecule has 3 N–H and O–H groups in total. The van der Waals surface area contributed by atoms with Gasteiger partial charge in [0.2, 0.25) is 5.88 Å². The van der Waals surface area contributed by atoms with Crippen LogP contribution >= 0.6 is 34.8 Å². The molecule has 1 amide bonds. The Hall–Kier alpha value is -2.74. The molecule has 1 aromatic heterocycles. The van der Waals surface area contributed by atoms with Gasteiger partial charge in [-0.05, 0) is 29.8 Å². The molecule has 7 nitrogen and oxygen atoms in total. The fourth-order valence-electron chi connectivity index (χ4n) is 2.71. The van der Waals surface area contributed by atoms with E-state index in [-0.39, 0.29) is 16.6 Å². The van der Waals surface area contributed by atoms with Gasteiger partial charge in [-0.15, -0.1) is 0 Å². The fourth-order valence-corrected chi connectivity index (χ4v) is 3.47. The molecule has 0 aliphatic rings. The van der Waals surface area contributed by atoms with Crippen LogP contribution in [-0.4, -0.2) is 31.9 Å². The molecule has 0 aliphatic heterocycles. The maximum Gasteiger partial charge on any atom is 0.305 e. The molecular formula is C19H14Cl3N3O4. The fraction of sp³-hybridized carbons (Fsp3) is 0.105. The first-order valence-electron chi connectivity index (χ1n) is 8.28. The maximum atomic E-state index is 12.7. The minimum Gasteiger partial charge on any atom is -0.493 e. The molecule has 29 heavy (non-hydrogen) atoms. The number of nitrogens with one attached hydrogen (secondary N) is 1. The Labute approximate surface area is 180 Å². The number of amides is 1. The number of halogens is 3. The van der Waals surface area contributed by atoms with Crippen molar-refractivity contribution in [1.29, 1.82) is 0 Å². The molecule has 0 radical (unpaired) electrons. The molecule has 0 saturated carbocycles. The summed E-state index contributed by atoms with van der Waals surface area (Å²) in [6.45, 7) is 0. The van der Waals surface area contributed by atoms with Gasteiger partial charge in [-0.2, -0.15) is 9.78 Å². The molecule has 0 unspecified atom stereocenters. The number of carboxylic acid groups (broad SMARTS) is 1. The molecule has 0 aliphatic carbocycles. The van der Waals surface area contributed by atoms with Crippen LogP contribution in [0.5, 0.6) is 5.88 Å². The number of benzene rings is 2. The summed E-state index contributed by atoms with van der Waals surface area (Å²) in [4.78, 5) is 23.9. The summed E-state index contributed by atoms with van der Waals surface area (Å²) in [5, 5.41) is 26.9. The highest BCUT2D eigenvalue weighted by molar-refractivity contribution is 6.35. The largest absolute Gasteiger partial charge is 0.493 e. The summed E-state index contributed by atoms with van der Waals surface area (Å²) in [6, 6.07) is 11.4. The highest BCUT2D eigenvalue weighted by atomic mass is 35.5. The minimum atomic E-state index is -1.13. The zero-order chi connectivity index (χ0) is 21.1. The number of aromatic nitrogens is 2. The molecule has 1 heterocycles. The highest BCUT2D eigenvalue weighted by Gasteiger charge is 2.24. The van der Waals surface area contributed by atoms with Gasteiger partial charge in [-0.1, -0.05) is 53.0 Å². The van der Waals surface area contributed by atoms with Crippen LogP contribution in [0, 0.1) is 0 Å². The molecule has 0 saturated heterocycles. The Morgan fingerprint density at radius 2 is 1.79 bits per heavy atom. The standard InChI is InChI=1S/C19H14Cl3N3O4/c20-10-5-6-11(13(22)7-10)14(9-18(27)28)23-19(29)15-8-17(26)25(24-15)16-4-2-1-3-12(16)21/h1-8,14,26H,9H2,(H,23,29)(H,27,28)/t14-/m0/s1. The van der Waals surface area contributed by atoms with Gasteiger partial charge in [0.1, 0.15) is 0 Å². The van der Waals surface area contributed by atoms with Gasteiger partial charge in [-0.3, -0.25) is 9.59 Å². The summed E-state index contributed by atoms with van der Waals surface area (Å²) in [5.74, 6) is -2.13. The summed E-state index contributed by atoms with van der Waals surface area (Å²) >= 11 is 18.1. The Kier molecular flexibility index (Phi) is 6.32. The van der Waals surface area contributed by atoms with Crippen LogP contribution in [0.15, 0.2) is 48.5 Å². The van der Waals surface area contributed by atoms with Gasteiger partial charge in [0.25, 0.3) is 5.91 Å². The predicted molar refractivity (Wildman–Crippen MR) is 109 cm³/mol. The zero-order valence-electron chi connectivity index (χ0n) is 14.6. The van der Waals surface area contributed by atoms with Crippen molar-refractivity contribution in [1.82, 2.24) is 15.1 Å². The van der Waals surface area contributed by atoms with Crippen molar-refractivity contribution in [3.63, 3.8) is 0 Å². The summed E-state index contributed by atoms with van der Waals surface area (Å²) < 4.78 is 1.11. The van der Waals surface area contributed by atoms with E-state index in [2.05, 4.69) is 10.4 Å². The number of carbonyl (C=O) groups excluding carboxylic acids is 1. The number of aromatic hydroxyl groups is 1. The molecule has 0 spiro atoms. The quantitative estimate of drug-likeness (QED) is 0.509. The molecule has 3 rings (SSSR count). The number of aliphatic carboxylic acids is 1. The second kappa shape index (κ2) is 8.73. The normalized spacial score (nSPS) is 11.8. The third-order valence-electron chi connectivity index (χ3n) is 4.03. The molecule has 0 bridgehead atoms. The van der Waals surface area contributed by atoms with Gasteiger partial charge < -0.3 is 15.5 Å². The first kappa shape index (κ1) is 21.0. The Balaban J connectivity index is 1.90. The van der Waals surface area contributed by atoms with Gasteiger partial charge in [-0.25, -0.2) is 0 Å². The number of carboxylic acids is 1. The third kappa shape index (κ3) is 4.82. The monoisotopic (exact) mass is 453 g/mol. The summed E-state index contributed by atoms with van der Waals surface area (Å²) in [6.07, 6.45) is -0.412. The average molecular weight is 455 g/mol. The predicted octanol–water partition coefficient (Wildman–Crippen LogP) is 4.48. The van der Waals surface area contributed by atoms with Crippen LogP contribution in [-0.2, 0) is 4.79 Å². The second-order valence-electron chi connectivity index (χ2n) is 6.04. The average Bonchev–Trinajstić information content (AvgIpc) is 3.03. The van der Waals surface area contributed by atoms with Gasteiger partial charge in [0, 0.05) is 16.1 Å². The number of hydrogen-bond acceptors (Lipinski definition) is 4. The van der Waals surface area contributed by atoms with Crippen molar-refractivity contribution in [2.75, 3.05) is 0 Å². The summed E-state index contributed by atoms with van der Waals surface area (Å²) in [7, 11) is 0. The first-order chi connectivity index (χ1) is 13.8. The molecule has 10 heteroatoms. The maximum absolute atomic E-state index is 12.7. The lowest BCUT2D eigenvalue weighted by molar-refractivity contribution is -0.137. The van der Waals surface area contributed by atoms with Crippen LogP contribution < -0.4 is 5.32 Å². The molecule has 3 aromatic rings. The summed E-state index contributed by atoms with van der Waals surface area (Å²) in [5.41, 5.74) is 0.651. The molecular weight excluding hydrogens is 441 g/mol. The van der Waals surface area contributed by atoms with Crippen LogP contribution in [0.1, 0.15) is 28.5 Å². The minimum absolute atomic E-state index is 0.122. The highest BCUT2D eigenvalue weighted by Crippen LogP contribution is 2.29. The van der Waals surface area contributed by atoms with E-state index in [9.17, 15) is 19.8 Å². The SMILES string of the molecule is O=C(O)C[C@H](NC(=O)c1cc(O)n(-c2ccccc2Cl)n1)c1ccc(Cl)cc1Cl. The number of para-hydroxylation sites is 1. The lowest BCUT2D eigenvalue weighted by Gasteiger charge is -2.18. The van der Waals surface area contributed by atoms with Crippen LogP contribution in [0.2, 0.25) is 15.1 Å². The van der Waals surface area contributed by atoms with E-state index in [1.54, 1.807) is 36.4 Å². The Bertz CT molecular complexity index is 1080. The zero-order valence-corrected chi connectivity index (χ0v) is 16.9. The van der Waals surface area contributed by atoms with E-state index < -0.39 is 24.3 Å². The topological polar surface area (TPSA) is 104 Å². The number of carbonyl (C=O) groups is 2. The molecule has 1 atom stereocenters. The van der Waals surface area contributed by atoms with E-state index in [0.717, 1.165) is 10.7 Å². The third-order valence-corrected chi connectivity index (χ3v) is 4.91. The Morgan fingerprint density at radius 3 is 2.45 bits per heavy atom. The second-order valence-corrected chi connectivity index (χ2v) is 7.29.